The van der Waals surface area contributed by atoms with Crippen molar-refractivity contribution in [2.75, 3.05) is 0 Å². The molecule has 3 rings (SSSR count). The Hall–Kier alpha value is -2.29. The standard InChI is InChI=1S/C16H15NO2/c18-17-15-10-4-9-14-13(15)8-5-11-16(14)19-12-6-2-1-3-7-12/h1-3,5-8,11,18H,4,9-10H2/b17-15+. The van der Waals surface area contributed by atoms with Gasteiger partial charge in [-0.1, -0.05) is 35.5 Å². The van der Waals surface area contributed by atoms with Crippen LogP contribution in [0.3, 0.4) is 0 Å². The molecule has 3 nitrogen and oxygen atoms in total. The number of benzene rings is 2. The van der Waals surface area contributed by atoms with Crippen LogP contribution in [-0.2, 0) is 6.42 Å². The van der Waals surface area contributed by atoms with Gasteiger partial charge >= 0.3 is 0 Å². The highest BCUT2D eigenvalue weighted by Crippen LogP contribution is 2.32. The molecule has 96 valence electrons. The zero-order valence-electron chi connectivity index (χ0n) is 10.5. The highest BCUT2D eigenvalue weighted by atomic mass is 16.5. The summed E-state index contributed by atoms with van der Waals surface area (Å²) >= 11 is 0. The lowest BCUT2D eigenvalue weighted by molar-refractivity contribution is 0.317. The Kier molecular flexibility index (Phi) is 3.19. The maximum absolute atomic E-state index is 9.07. The van der Waals surface area contributed by atoms with E-state index in [1.165, 1.54) is 0 Å². The fraction of sp³-hybridized carbons (Fsp3) is 0.188. The fourth-order valence-electron chi connectivity index (χ4n) is 2.48. The summed E-state index contributed by atoms with van der Waals surface area (Å²) in [7, 11) is 0. The molecule has 1 N–H and O–H groups in total. The minimum absolute atomic E-state index is 0.750. The second kappa shape index (κ2) is 5.14. The van der Waals surface area contributed by atoms with Gasteiger partial charge in [0.2, 0.25) is 0 Å². The molecular formula is C16H15NO2. The number of nitrogens with zero attached hydrogens (tertiary/aromatic N) is 1. The number of fused-ring (bicyclic) bond motifs is 1. The Bertz CT molecular complexity index is 605. The quantitative estimate of drug-likeness (QED) is 0.649. The molecule has 2 aromatic carbocycles. The van der Waals surface area contributed by atoms with E-state index in [0.29, 0.717) is 0 Å². The van der Waals surface area contributed by atoms with Gasteiger partial charge in [0, 0.05) is 11.1 Å². The topological polar surface area (TPSA) is 41.8 Å². The van der Waals surface area contributed by atoms with E-state index in [1.54, 1.807) is 0 Å². The van der Waals surface area contributed by atoms with Crippen LogP contribution in [0.1, 0.15) is 24.0 Å². The lowest BCUT2D eigenvalue weighted by atomic mass is 9.89. The molecule has 0 spiro atoms. The Labute approximate surface area is 112 Å². The molecule has 0 unspecified atom stereocenters. The first-order chi connectivity index (χ1) is 9.38. The number of para-hydroxylation sites is 1. The second-order valence-corrected chi connectivity index (χ2v) is 4.60. The van der Waals surface area contributed by atoms with Gasteiger partial charge in [0.25, 0.3) is 0 Å². The van der Waals surface area contributed by atoms with Crippen molar-refractivity contribution >= 4 is 5.71 Å². The molecule has 0 saturated carbocycles. The lowest BCUT2D eigenvalue weighted by Crippen LogP contribution is -2.12. The van der Waals surface area contributed by atoms with Crippen molar-refractivity contribution in [2.45, 2.75) is 19.3 Å². The van der Waals surface area contributed by atoms with E-state index >= 15 is 0 Å². The van der Waals surface area contributed by atoms with E-state index in [4.69, 9.17) is 9.94 Å². The van der Waals surface area contributed by atoms with Gasteiger partial charge in [-0.2, -0.15) is 0 Å². The SMILES string of the molecule is O/N=C1\CCCc2c(Oc3ccccc3)cccc21. The molecule has 1 aliphatic carbocycles. The van der Waals surface area contributed by atoms with Gasteiger partial charge in [-0.15, -0.1) is 0 Å². The zero-order valence-corrected chi connectivity index (χ0v) is 10.5. The number of rotatable bonds is 2. The monoisotopic (exact) mass is 253 g/mol. The number of ether oxygens (including phenoxy) is 1. The van der Waals surface area contributed by atoms with Crippen molar-refractivity contribution in [3.8, 4) is 11.5 Å². The van der Waals surface area contributed by atoms with Gasteiger partial charge in [-0.25, -0.2) is 0 Å². The Morgan fingerprint density at radius 3 is 2.58 bits per heavy atom. The van der Waals surface area contributed by atoms with Crippen LogP contribution < -0.4 is 4.74 Å². The summed E-state index contributed by atoms with van der Waals surface area (Å²) in [6, 6.07) is 15.6. The number of oxime groups is 1. The minimum atomic E-state index is 0.750. The Morgan fingerprint density at radius 2 is 1.79 bits per heavy atom. The van der Waals surface area contributed by atoms with Crippen LogP contribution in [0.4, 0.5) is 0 Å². The summed E-state index contributed by atoms with van der Waals surface area (Å²) in [5.74, 6) is 1.67. The van der Waals surface area contributed by atoms with Crippen molar-refractivity contribution in [2.24, 2.45) is 5.16 Å². The van der Waals surface area contributed by atoms with E-state index in [9.17, 15) is 0 Å². The third-order valence-corrected chi connectivity index (χ3v) is 3.38. The Balaban J connectivity index is 1.99. The van der Waals surface area contributed by atoms with Crippen LogP contribution in [0.5, 0.6) is 11.5 Å². The maximum atomic E-state index is 9.07. The molecular weight excluding hydrogens is 238 g/mol. The molecule has 0 bridgehead atoms. The molecule has 0 fully saturated rings. The van der Waals surface area contributed by atoms with Crippen LogP contribution in [0, 0.1) is 0 Å². The molecule has 3 heteroatoms. The average molecular weight is 253 g/mol. The van der Waals surface area contributed by atoms with Crippen LogP contribution in [-0.4, -0.2) is 10.9 Å². The fourth-order valence-corrected chi connectivity index (χ4v) is 2.48. The third-order valence-electron chi connectivity index (χ3n) is 3.38. The van der Waals surface area contributed by atoms with Crippen molar-refractivity contribution in [1.82, 2.24) is 0 Å². The molecule has 0 atom stereocenters. The second-order valence-electron chi connectivity index (χ2n) is 4.60. The van der Waals surface area contributed by atoms with E-state index < -0.39 is 0 Å². The van der Waals surface area contributed by atoms with Crippen molar-refractivity contribution < 1.29 is 9.94 Å². The average Bonchev–Trinajstić information content (AvgIpc) is 2.48. The summed E-state index contributed by atoms with van der Waals surface area (Å²) in [6.45, 7) is 0. The molecule has 0 saturated heterocycles. The van der Waals surface area contributed by atoms with Gasteiger partial charge in [0.15, 0.2) is 0 Å². The van der Waals surface area contributed by atoms with Crippen LogP contribution >= 0.6 is 0 Å². The number of hydrogen-bond donors (Lipinski definition) is 1. The largest absolute Gasteiger partial charge is 0.457 e. The smallest absolute Gasteiger partial charge is 0.131 e. The number of hydrogen-bond acceptors (Lipinski definition) is 3. The molecule has 0 aliphatic heterocycles. The molecule has 1 aliphatic rings. The molecule has 2 aromatic rings. The molecule has 0 radical (unpaired) electrons. The first kappa shape index (κ1) is 11.8. The maximum Gasteiger partial charge on any atom is 0.131 e. The minimum Gasteiger partial charge on any atom is -0.457 e. The molecule has 0 amide bonds. The van der Waals surface area contributed by atoms with E-state index in [1.807, 2.05) is 48.5 Å². The van der Waals surface area contributed by atoms with Gasteiger partial charge in [0.1, 0.15) is 11.5 Å². The van der Waals surface area contributed by atoms with E-state index in [2.05, 4.69) is 5.16 Å². The predicted molar refractivity (Wildman–Crippen MR) is 74.2 cm³/mol. The molecule has 0 aromatic heterocycles. The summed E-state index contributed by atoms with van der Waals surface area (Å²) in [5.41, 5.74) is 2.88. The molecule has 19 heavy (non-hydrogen) atoms. The van der Waals surface area contributed by atoms with Crippen LogP contribution in [0.15, 0.2) is 53.7 Å². The summed E-state index contributed by atoms with van der Waals surface area (Å²) < 4.78 is 5.93. The van der Waals surface area contributed by atoms with Gasteiger partial charge in [-0.05, 0) is 37.5 Å². The summed E-state index contributed by atoms with van der Waals surface area (Å²) in [4.78, 5) is 0. The Morgan fingerprint density at radius 1 is 0.947 bits per heavy atom. The molecule has 0 heterocycles. The highest BCUT2D eigenvalue weighted by molar-refractivity contribution is 6.02. The van der Waals surface area contributed by atoms with Gasteiger partial charge in [-0.3, -0.25) is 0 Å². The van der Waals surface area contributed by atoms with Crippen LogP contribution in [0.2, 0.25) is 0 Å². The van der Waals surface area contributed by atoms with E-state index in [0.717, 1.165) is 47.6 Å². The van der Waals surface area contributed by atoms with Crippen molar-refractivity contribution in [3.63, 3.8) is 0 Å². The highest BCUT2D eigenvalue weighted by Gasteiger charge is 2.19. The van der Waals surface area contributed by atoms with Crippen molar-refractivity contribution in [1.29, 1.82) is 0 Å². The summed E-state index contributed by atoms with van der Waals surface area (Å²) in [5, 5.41) is 12.5. The first-order valence-corrected chi connectivity index (χ1v) is 6.44. The zero-order chi connectivity index (χ0) is 13.1. The first-order valence-electron chi connectivity index (χ1n) is 6.44. The van der Waals surface area contributed by atoms with E-state index in [-0.39, 0.29) is 0 Å². The van der Waals surface area contributed by atoms with Gasteiger partial charge in [0.05, 0.1) is 5.71 Å². The summed E-state index contributed by atoms with van der Waals surface area (Å²) in [6.07, 6.45) is 2.76. The predicted octanol–water partition coefficient (Wildman–Crippen LogP) is 3.99. The van der Waals surface area contributed by atoms with Crippen molar-refractivity contribution in [3.05, 3.63) is 59.7 Å². The third kappa shape index (κ3) is 2.32. The lowest BCUT2D eigenvalue weighted by Gasteiger charge is -2.20. The van der Waals surface area contributed by atoms with Crippen LogP contribution in [0.25, 0.3) is 0 Å². The van der Waals surface area contributed by atoms with Gasteiger partial charge < -0.3 is 9.94 Å². The normalized spacial score (nSPS) is 16.1.